The van der Waals surface area contributed by atoms with Gasteiger partial charge in [0.15, 0.2) is 0 Å². The highest BCUT2D eigenvalue weighted by molar-refractivity contribution is 6.14. The van der Waals surface area contributed by atoms with Crippen LogP contribution in [-0.2, 0) is 0 Å². The second kappa shape index (κ2) is 7.56. The fourth-order valence-corrected chi connectivity index (χ4v) is 3.23. The number of carbonyl (C=O) groups excluding carboxylic acids is 2. The van der Waals surface area contributed by atoms with Crippen molar-refractivity contribution in [3.8, 4) is 11.3 Å². The maximum Gasteiger partial charge on any atom is 0.256 e. The van der Waals surface area contributed by atoms with Crippen LogP contribution in [0.5, 0.6) is 0 Å². The van der Waals surface area contributed by atoms with E-state index in [9.17, 15) is 9.59 Å². The monoisotopic (exact) mass is 381 g/mol. The molecule has 142 valence electrons. The van der Waals surface area contributed by atoms with Gasteiger partial charge in [0, 0.05) is 10.9 Å². The van der Waals surface area contributed by atoms with E-state index < -0.39 is 5.91 Å². The van der Waals surface area contributed by atoms with Gasteiger partial charge in [-0.3, -0.25) is 9.59 Å². The van der Waals surface area contributed by atoms with Crippen LogP contribution < -0.4 is 11.1 Å². The van der Waals surface area contributed by atoms with Gasteiger partial charge in [0.1, 0.15) is 0 Å². The number of aryl methyl sites for hydroxylation is 1. The van der Waals surface area contributed by atoms with Crippen LogP contribution in [0, 0.1) is 6.92 Å². The number of primary amides is 1. The van der Waals surface area contributed by atoms with Gasteiger partial charge >= 0.3 is 0 Å². The topological polar surface area (TPSA) is 85.1 Å². The molecule has 29 heavy (non-hydrogen) atoms. The molecule has 2 amide bonds. The Balaban J connectivity index is 1.81. The molecule has 4 aromatic rings. The first-order chi connectivity index (χ1) is 14.0. The van der Waals surface area contributed by atoms with Crippen LogP contribution in [-0.4, -0.2) is 16.8 Å². The number of para-hydroxylation sites is 2. The Morgan fingerprint density at radius 3 is 2.31 bits per heavy atom. The zero-order valence-electron chi connectivity index (χ0n) is 15.8. The van der Waals surface area contributed by atoms with Crippen molar-refractivity contribution in [3.05, 3.63) is 95.6 Å². The molecular weight excluding hydrogens is 362 g/mol. The summed E-state index contributed by atoms with van der Waals surface area (Å²) in [5.74, 6) is -0.925. The van der Waals surface area contributed by atoms with Crippen molar-refractivity contribution in [2.75, 3.05) is 5.32 Å². The third-order valence-electron chi connectivity index (χ3n) is 4.75. The number of fused-ring (bicyclic) bond motifs is 1. The SMILES string of the molecule is Cc1ccc(-c2cc(C(=O)Nc3ccccc3C(N)=O)c3ccccc3n2)cc1. The predicted molar refractivity (Wildman–Crippen MR) is 115 cm³/mol. The molecule has 5 heteroatoms. The minimum Gasteiger partial charge on any atom is -0.366 e. The highest BCUT2D eigenvalue weighted by atomic mass is 16.2. The number of nitrogens with two attached hydrogens (primary N) is 1. The molecule has 0 saturated carbocycles. The van der Waals surface area contributed by atoms with Gasteiger partial charge in [0.2, 0.25) is 0 Å². The van der Waals surface area contributed by atoms with Crippen molar-refractivity contribution >= 4 is 28.4 Å². The van der Waals surface area contributed by atoms with E-state index in [0.717, 1.165) is 22.0 Å². The lowest BCUT2D eigenvalue weighted by Crippen LogP contribution is -2.18. The molecule has 0 radical (unpaired) electrons. The molecule has 3 N–H and O–H groups in total. The lowest BCUT2D eigenvalue weighted by atomic mass is 10.0. The van der Waals surface area contributed by atoms with Gasteiger partial charge in [-0.2, -0.15) is 0 Å². The molecule has 0 aliphatic rings. The van der Waals surface area contributed by atoms with Crippen molar-refractivity contribution < 1.29 is 9.59 Å². The van der Waals surface area contributed by atoms with E-state index in [1.807, 2.05) is 55.5 Å². The van der Waals surface area contributed by atoms with Gasteiger partial charge in [-0.1, -0.05) is 60.2 Å². The Kier molecular flexibility index (Phi) is 4.79. The molecule has 4 rings (SSSR count). The number of anilines is 1. The van der Waals surface area contributed by atoms with Crippen LogP contribution in [0.25, 0.3) is 22.2 Å². The average Bonchev–Trinajstić information content (AvgIpc) is 2.73. The van der Waals surface area contributed by atoms with E-state index in [1.165, 1.54) is 0 Å². The van der Waals surface area contributed by atoms with Crippen LogP contribution in [0.15, 0.2) is 78.9 Å². The number of amides is 2. The van der Waals surface area contributed by atoms with E-state index in [4.69, 9.17) is 10.7 Å². The van der Waals surface area contributed by atoms with Crippen LogP contribution in [0.2, 0.25) is 0 Å². The Hall–Kier alpha value is -3.99. The molecule has 1 aromatic heterocycles. The fourth-order valence-electron chi connectivity index (χ4n) is 3.23. The normalized spacial score (nSPS) is 10.7. The van der Waals surface area contributed by atoms with Crippen molar-refractivity contribution in [1.29, 1.82) is 0 Å². The van der Waals surface area contributed by atoms with Crippen LogP contribution in [0.3, 0.4) is 0 Å². The minimum absolute atomic E-state index is 0.262. The molecule has 0 aliphatic carbocycles. The number of aromatic nitrogens is 1. The summed E-state index contributed by atoms with van der Waals surface area (Å²) < 4.78 is 0. The van der Waals surface area contributed by atoms with Gasteiger partial charge in [-0.25, -0.2) is 4.98 Å². The maximum atomic E-state index is 13.1. The van der Waals surface area contributed by atoms with Gasteiger partial charge in [-0.05, 0) is 31.2 Å². The molecule has 0 unspecified atom stereocenters. The lowest BCUT2D eigenvalue weighted by molar-refractivity contribution is 0.100. The lowest BCUT2D eigenvalue weighted by Gasteiger charge is -2.12. The smallest absolute Gasteiger partial charge is 0.256 e. The third kappa shape index (κ3) is 3.71. The van der Waals surface area contributed by atoms with Crippen molar-refractivity contribution in [3.63, 3.8) is 0 Å². The number of hydrogen-bond acceptors (Lipinski definition) is 3. The number of benzene rings is 3. The molecule has 5 nitrogen and oxygen atoms in total. The summed E-state index contributed by atoms with van der Waals surface area (Å²) in [6.07, 6.45) is 0. The zero-order chi connectivity index (χ0) is 20.4. The summed E-state index contributed by atoms with van der Waals surface area (Å²) in [6.45, 7) is 2.02. The molecule has 0 bridgehead atoms. The summed E-state index contributed by atoms with van der Waals surface area (Å²) in [5.41, 5.74) is 10.0. The fraction of sp³-hybridized carbons (Fsp3) is 0.0417. The minimum atomic E-state index is -0.596. The Labute approximate surface area is 168 Å². The molecular formula is C24H19N3O2. The molecule has 0 saturated heterocycles. The predicted octanol–water partition coefficient (Wildman–Crippen LogP) is 4.56. The summed E-state index contributed by atoms with van der Waals surface area (Å²) in [7, 11) is 0. The number of hydrogen-bond donors (Lipinski definition) is 2. The number of nitrogens with one attached hydrogen (secondary N) is 1. The molecule has 0 spiro atoms. The zero-order valence-corrected chi connectivity index (χ0v) is 15.8. The maximum absolute atomic E-state index is 13.1. The number of nitrogens with zero attached hydrogens (tertiary/aromatic N) is 1. The molecule has 1 heterocycles. The van der Waals surface area contributed by atoms with Gasteiger partial charge in [0.05, 0.1) is 28.0 Å². The Morgan fingerprint density at radius 1 is 0.862 bits per heavy atom. The molecule has 0 atom stereocenters. The van der Waals surface area contributed by atoms with Crippen LogP contribution in [0.4, 0.5) is 5.69 Å². The van der Waals surface area contributed by atoms with E-state index in [0.29, 0.717) is 16.9 Å². The largest absolute Gasteiger partial charge is 0.366 e. The Morgan fingerprint density at radius 2 is 1.55 bits per heavy atom. The quantitative estimate of drug-likeness (QED) is 0.543. The first-order valence-corrected chi connectivity index (χ1v) is 9.20. The second-order valence-corrected chi connectivity index (χ2v) is 6.80. The number of pyridine rings is 1. The molecule has 0 aliphatic heterocycles. The van der Waals surface area contributed by atoms with E-state index in [2.05, 4.69) is 5.32 Å². The third-order valence-corrected chi connectivity index (χ3v) is 4.75. The standard InChI is InChI=1S/C24H19N3O2/c1-15-10-12-16(13-11-15)22-14-19(17-6-2-4-8-20(17)26-22)24(29)27-21-9-5-3-7-18(21)23(25)28/h2-14H,1H3,(H2,25,28)(H,27,29). The van der Waals surface area contributed by atoms with E-state index >= 15 is 0 Å². The van der Waals surface area contributed by atoms with Gasteiger partial charge in [-0.15, -0.1) is 0 Å². The highest BCUT2D eigenvalue weighted by Gasteiger charge is 2.16. The van der Waals surface area contributed by atoms with Gasteiger partial charge in [0.25, 0.3) is 11.8 Å². The van der Waals surface area contributed by atoms with Crippen LogP contribution >= 0.6 is 0 Å². The summed E-state index contributed by atoms with van der Waals surface area (Å²) in [6, 6.07) is 23.9. The van der Waals surface area contributed by atoms with Crippen molar-refractivity contribution in [2.24, 2.45) is 5.73 Å². The molecule has 3 aromatic carbocycles. The summed E-state index contributed by atoms with van der Waals surface area (Å²) in [4.78, 5) is 29.5. The van der Waals surface area contributed by atoms with Crippen LogP contribution in [0.1, 0.15) is 26.3 Å². The second-order valence-electron chi connectivity index (χ2n) is 6.80. The first-order valence-electron chi connectivity index (χ1n) is 9.20. The summed E-state index contributed by atoms with van der Waals surface area (Å²) >= 11 is 0. The molecule has 0 fully saturated rings. The summed E-state index contributed by atoms with van der Waals surface area (Å²) in [5, 5.41) is 3.55. The highest BCUT2D eigenvalue weighted by Crippen LogP contribution is 2.26. The van der Waals surface area contributed by atoms with Crippen molar-refractivity contribution in [2.45, 2.75) is 6.92 Å². The average molecular weight is 381 g/mol. The number of carbonyl (C=O) groups is 2. The first kappa shape index (κ1) is 18.4. The van der Waals surface area contributed by atoms with E-state index in [1.54, 1.807) is 30.3 Å². The van der Waals surface area contributed by atoms with E-state index in [-0.39, 0.29) is 11.5 Å². The Bertz CT molecular complexity index is 1230. The van der Waals surface area contributed by atoms with Gasteiger partial charge < -0.3 is 11.1 Å². The van der Waals surface area contributed by atoms with Crippen molar-refractivity contribution in [1.82, 2.24) is 4.98 Å². The number of rotatable bonds is 4.